The molecule has 0 unspecified atom stereocenters. The van der Waals surface area contributed by atoms with Crippen molar-refractivity contribution in [1.29, 1.82) is 0 Å². The van der Waals surface area contributed by atoms with Gasteiger partial charge in [0.1, 0.15) is 0 Å². The first-order valence-electron chi connectivity index (χ1n) is 7.84. The predicted molar refractivity (Wildman–Crippen MR) is 101 cm³/mol. The molecule has 1 amide bonds. The summed E-state index contributed by atoms with van der Waals surface area (Å²) in [7, 11) is 0. The number of fused-ring (bicyclic) bond motifs is 1. The molecule has 0 aliphatic rings. The van der Waals surface area contributed by atoms with E-state index in [0.29, 0.717) is 5.69 Å². The molecule has 3 rings (SSSR count). The van der Waals surface area contributed by atoms with Crippen molar-refractivity contribution < 1.29 is 14.3 Å². The second-order valence-corrected chi connectivity index (χ2v) is 6.46. The van der Waals surface area contributed by atoms with Gasteiger partial charge in [-0.3, -0.25) is 4.79 Å². The maximum atomic E-state index is 12.2. The summed E-state index contributed by atoms with van der Waals surface area (Å²) in [4.78, 5) is 25.0. The van der Waals surface area contributed by atoms with Crippen molar-refractivity contribution in [2.75, 3.05) is 5.32 Å². The highest BCUT2D eigenvalue weighted by Crippen LogP contribution is 2.19. The van der Waals surface area contributed by atoms with Crippen LogP contribution < -0.4 is 5.32 Å². The van der Waals surface area contributed by atoms with E-state index in [4.69, 9.17) is 4.74 Å². The Morgan fingerprint density at radius 3 is 2.64 bits per heavy atom. The van der Waals surface area contributed by atoms with Gasteiger partial charge in [-0.15, -0.1) is 11.3 Å². The summed E-state index contributed by atoms with van der Waals surface area (Å²) in [5.41, 5.74) is 0.667. The van der Waals surface area contributed by atoms with Crippen molar-refractivity contribution in [2.24, 2.45) is 0 Å². The summed E-state index contributed by atoms with van der Waals surface area (Å²) in [6, 6.07) is 17.3. The molecular weight excluding hydrogens is 334 g/mol. The number of ether oxygens (including phenoxy) is 1. The van der Waals surface area contributed by atoms with Crippen molar-refractivity contribution in [3.05, 3.63) is 70.9 Å². The quantitative estimate of drug-likeness (QED) is 0.544. The largest absolute Gasteiger partial charge is 0.449 e. The fraction of sp³-hybridized carbons (Fsp3) is 0.100. The Morgan fingerprint density at radius 1 is 1.08 bits per heavy atom. The van der Waals surface area contributed by atoms with E-state index < -0.39 is 12.1 Å². The molecule has 1 N–H and O–H groups in total. The fourth-order valence-corrected chi connectivity index (χ4v) is 2.93. The van der Waals surface area contributed by atoms with Crippen LogP contribution in [0.1, 0.15) is 11.8 Å². The van der Waals surface area contributed by atoms with Crippen molar-refractivity contribution in [3.63, 3.8) is 0 Å². The van der Waals surface area contributed by atoms with Gasteiger partial charge < -0.3 is 10.1 Å². The molecule has 5 heteroatoms. The zero-order chi connectivity index (χ0) is 17.6. The van der Waals surface area contributed by atoms with Crippen LogP contribution in [0.4, 0.5) is 5.69 Å². The molecule has 0 spiro atoms. The molecular formula is C20H17NO3S. The number of thiophene rings is 1. The van der Waals surface area contributed by atoms with Crippen LogP contribution in [0.2, 0.25) is 0 Å². The number of anilines is 1. The molecule has 0 aliphatic heterocycles. The molecule has 1 heterocycles. The lowest BCUT2D eigenvalue weighted by molar-refractivity contribution is -0.148. The second kappa shape index (κ2) is 7.77. The first-order valence-corrected chi connectivity index (χ1v) is 8.71. The number of rotatable bonds is 5. The van der Waals surface area contributed by atoms with Crippen LogP contribution >= 0.6 is 11.3 Å². The standard InChI is InChI=1S/C20H17NO3S/c1-14(24-19(22)11-10-18-7-4-12-25-18)20(23)21-17-9-8-15-5-2-3-6-16(15)13-17/h2-14H,1H3,(H,21,23)/b11-10+/t14-/m0/s1. The van der Waals surface area contributed by atoms with E-state index in [1.165, 1.54) is 17.4 Å². The summed E-state index contributed by atoms with van der Waals surface area (Å²) in [6.45, 7) is 1.55. The lowest BCUT2D eigenvalue weighted by Crippen LogP contribution is -2.29. The number of hydrogen-bond donors (Lipinski definition) is 1. The Bertz CT molecular complexity index is 916. The minimum Gasteiger partial charge on any atom is -0.449 e. The molecule has 2 aromatic carbocycles. The zero-order valence-electron chi connectivity index (χ0n) is 13.6. The average molecular weight is 351 g/mol. The third kappa shape index (κ3) is 4.55. The van der Waals surface area contributed by atoms with Crippen LogP contribution in [-0.2, 0) is 14.3 Å². The number of hydrogen-bond acceptors (Lipinski definition) is 4. The third-order valence-corrected chi connectivity index (χ3v) is 4.44. The van der Waals surface area contributed by atoms with Crippen LogP contribution in [0.3, 0.4) is 0 Å². The normalized spacial score (nSPS) is 12.2. The molecule has 4 nitrogen and oxygen atoms in total. The van der Waals surface area contributed by atoms with E-state index in [9.17, 15) is 9.59 Å². The van der Waals surface area contributed by atoms with Crippen molar-refractivity contribution in [2.45, 2.75) is 13.0 Å². The van der Waals surface area contributed by atoms with Crippen LogP contribution in [0.5, 0.6) is 0 Å². The van der Waals surface area contributed by atoms with Gasteiger partial charge in [-0.1, -0.05) is 36.4 Å². The smallest absolute Gasteiger partial charge is 0.331 e. The summed E-state index contributed by atoms with van der Waals surface area (Å²) >= 11 is 1.52. The molecule has 1 aromatic heterocycles. The molecule has 126 valence electrons. The van der Waals surface area contributed by atoms with Crippen LogP contribution in [0.25, 0.3) is 16.8 Å². The predicted octanol–water partition coefficient (Wildman–Crippen LogP) is 4.48. The van der Waals surface area contributed by atoms with Crippen molar-refractivity contribution >= 4 is 45.7 Å². The van der Waals surface area contributed by atoms with E-state index in [2.05, 4.69) is 5.32 Å². The molecule has 1 atom stereocenters. The highest BCUT2D eigenvalue weighted by atomic mass is 32.1. The minimum atomic E-state index is -0.882. The van der Waals surface area contributed by atoms with Gasteiger partial charge in [0.05, 0.1) is 0 Å². The molecule has 3 aromatic rings. The lowest BCUT2D eigenvalue weighted by Gasteiger charge is -2.12. The highest BCUT2D eigenvalue weighted by molar-refractivity contribution is 7.10. The highest BCUT2D eigenvalue weighted by Gasteiger charge is 2.16. The summed E-state index contributed by atoms with van der Waals surface area (Å²) in [5.74, 6) is -0.914. The first-order chi connectivity index (χ1) is 12.1. The Morgan fingerprint density at radius 2 is 1.88 bits per heavy atom. The molecule has 0 saturated carbocycles. The minimum absolute atomic E-state index is 0.367. The average Bonchev–Trinajstić information content (AvgIpc) is 3.13. The van der Waals surface area contributed by atoms with Gasteiger partial charge in [0, 0.05) is 16.6 Å². The zero-order valence-corrected chi connectivity index (χ0v) is 14.5. The van der Waals surface area contributed by atoms with Crippen molar-refractivity contribution in [1.82, 2.24) is 0 Å². The number of carbonyl (C=O) groups excluding carboxylic acids is 2. The summed E-state index contributed by atoms with van der Waals surface area (Å²) < 4.78 is 5.14. The number of benzene rings is 2. The summed E-state index contributed by atoms with van der Waals surface area (Å²) in [6.07, 6.45) is 2.11. The van der Waals surface area contributed by atoms with Crippen molar-refractivity contribution in [3.8, 4) is 0 Å². The van der Waals surface area contributed by atoms with Gasteiger partial charge in [0.25, 0.3) is 5.91 Å². The van der Waals surface area contributed by atoms with Gasteiger partial charge in [-0.25, -0.2) is 4.79 Å². The number of nitrogens with one attached hydrogen (secondary N) is 1. The monoisotopic (exact) mass is 351 g/mol. The number of amides is 1. The Labute approximate surface area is 149 Å². The van der Waals surface area contributed by atoms with Gasteiger partial charge >= 0.3 is 5.97 Å². The molecule has 0 saturated heterocycles. The SMILES string of the molecule is C[C@H](OC(=O)/C=C/c1cccs1)C(=O)Nc1ccc2ccccc2c1. The molecule has 0 bridgehead atoms. The fourth-order valence-electron chi connectivity index (χ4n) is 2.31. The van der Waals surface area contributed by atoms with Crippen LogP contribution in [0.15, 0.2) is 66.1 Å². The van der Waals surface area contributed by atoms with Gasteiger partial charge in [-0.05, 0) is 47.4 Å². The first kappa shape index (κ1) is 16.9. The molecule has 0 radical (unpaired) electrons. The lowest BCUT2D eigenvalue weighted by atomic mass is 10.1. The number of carbonyl (C=O) groups is 2. The van der Waals surface area contributed by atoms with Gasteiger partial charge in [0.15, 0.2) is 6.10 Å². The van der Waals surface area contributed by atoms with Crippen LogP contribution in [-0.4, -0.2) is 18.0 Å². The number of esters is 1. The van der Waals surface area contributed by atoms with Crippen LogP contribution in [0, 0.1) is 0 Å². The third-order valence-electron chi connectivity index (χ3n) is 3.61. The van der Waals surface area contributed by atoms with E-state index in [0.717, 1.165) is 15.6 Å². The van der Waals surface area contributed by atoms with E-state index in [1.807, 2.05) is 60.0 Å². The molecule has 25 heavy (non-hydrogen) atoms. The Hall–Kier alpha value is -2.92. The van der Waals surface area contributed by atoms with Gasteiger partial charge in [-0.2, -0.15) is 0 Å². The Kier molecular flexibility index (Phi) is 5.26. The second-order valence-electron chi connectivity index (χ2n) is 5.48. The molecule has 0 fully saturated rings. The summed E-state index contributed by atoms with van der Waals surface area (Å²) in [5, 5.41) is 6.82. The topological polar surface area (TPSA) is 55.4 Å². The Balaban J connectivity index is 1.58. The maximum Gasteiger partial charge on any atom is 0.331 e. The van der Waals surface area contributed by atoms with E-state index in [1.54, 1.807) is 13.0 Å². The van der Waals surface area contributed by atoms with E-state index in [-0.39, 0.29) is 5.91 Å². The molecule has 0 aliphatic carbocycles. The van der Waals surface area contributed by atoms with Gasteiger partial charge in [0.2, 0.25) is 0 Å². The maximum absolute atomic E-state index is 12.2. The van der Waals surface area contributed by atoms with E-state index >= 15 is 0 Å².